The highest BCUT2D eigenvalue weighted by Crippen LogP contribution is 2.32. The summed E-state index contributed by atoms with van der Waals surface area (Å²) < 4.78 is 0. The highest BCUT2D eigenvalue weighted by molar-refractivity contribution is 5.95. The molecular formula is C62H46. The van der Waals surface area contributed by atoms with Gasteiger partial charge in [-0.2, -0.15) is 0 Å². The van der Waals surface area contributed by atoms with Crippen LogP contribution in [0.25, 0.3) is 69.9 Å². The van der Waals surface area contributed by atoms with E-state index in [0.29, 0.717) is 0 Å². The smallest absolute Gasteiger partial charge is 0.0105 e. The molecule has 0 aliphatic rings. The molecule has 0 saturated heterocycles. The van der Waals surface area contributed by atoms with Gasteiger partial charge in [-0.25, -0.2) is 0 Å². The van der Waals surface area contributed by atoms with Crippen molar-refractivity contribution in [2.75, 3.05) is 0 Å². The lowest BCUT2D eigenvalue weighted by atomic mass is 9.92. The molecule has 9 aromatic carbocycles. The van der Waals surface area contributed by atoms with E-state index in [0.717, 1.165) is 22.3 Å². The van der Waals surface area contributed by atoms with E-state index in [-0.39, 0.29) is 0 Å². The maximum absolute atomic E-state index is 2.32. The molecule has 62 heavy (non-hydrogen) atoms. The van der Waals surface area contributed by atoms with Gasteiger partial charge in [-0.15, -0.1) is 0 Å². The molecule has 294 valence electrons. The van der Waals surface area contributed by atoms with Crippen LogP contribution in [-0.2, 0) is 0 Å². The van der Waals surface area contributed by atoms with E-state index in [2.05, 4.69) is 279 Å². The van der Waals surface area contributed by atoms with E-state index < -0.39 is 0 Å². The summed E-state index contributed by atoms with van der Waals surface area (Å²) in [5.41, 5.74) is 18.9. The Morgan fingerprint density at radius 3 is 0.839 bits per heavy atom. The van der Waals surface area contributed by atoms with Crippen molar-refractivity contribution >= 4 is 47.6 Å². The average molecular weight is 791 g/mol. The summed E-state index contributed by atoms with van der Waals surface area (Å²) in [5.74, 6) is 0. The lowest BCUT2D eigenvalue weighted by molar-refractivity contribution is 1.53. The standard InChI is InChI=1S/C62H46/c1-5-17-49(18-6-1)53-37-41-57(42-38-53)61(55-23-9-3-10-24-55)45-59-27-15-13-21-51(59)35-33-47-29-31-48(32-30-47)34-36-52-22-14-16-28-60(52)46-62(56-25-11-4-12-26-56)58-43-39-54(40-44-58)50-19-7-2-8-20-50/h1-46H/b35-33?,36-34?,61-45-,62-46-. The number of hydrogen-bond donors (Lipinski definition) is 0. The SMILES string of the molecule is C(=Cc1ccccc1/C=C(/c1ccccc1)c1ccc(-c2ccccc2)cc1)c1ccc(C=Cc2ccccc2/C=C(/c2ccccc2)c2ccc(-c3ccccc3)cc2)cc1. The molecule has 0 atom stereocenters. The van der Waals surface area contributed by atoms with Crippen LogP contribution < -0.4 is 0 Å². The summed E-state index contributed by atoms with van der Waals surface area (Å²) >= 11 is 0. The van der Waals surface area contributed by atoms with Crippen LogP contribution in [0.15, 0.2) is 243 Å². The molecule has 0 spiro atoms. The zero-order chi connectivity index (χ0) is 41.8. The fraction of sp³-hybridized carbons (Fsp3) is 0. The zero-order valence-corrected chi connectivity index (χ0v) is 34.6. The minimum absolute atomic E-state index is 1.15. The third-order valence-corrected chi connectivity index (χ3v) is 11.2. The van der Waals surface area contributed by atoms with Crippen molar-refractivity contribution in [2.45, 2.75) is 0 Å². The van der Waals surface area contributed by atoms with Crippen molar-refractivity contribution in [1.82, 2.24) is 0 Å². The first kappa shape index (κ1) is 39.4. The van der Waals surface area contributed by atoms with Crippen LogP contribution in [0, 0.1) is 0 Å². The predicted molar refractivity (Wildman–Crippen MR) is 268 cm³/mol. The van der Waals surface area contributed by atoms with Crippen LogP contribution in [-0.4, -0.2) is 0 Å². The summed E-state index contributed by atoms with van der Waals surface area (Å²) in [5, 5.41) is 0. The van der Waals surface area contributed by atoms with Gasteiger partial charge < -0.3 is 0 Å². The molecule has 0 N–H and O–H groups in total. The van der Waals surface area contributed by atoms with Crippen LogP contribution in [0.1, 0.15) is 55.6 Å². The first-order valence-corrected chi connectivity index (χ1v) is 21.2. The van der Waals surface area contributed by atoms with Crippen LogP contribution in [0.3, 0.4) is 0 Å². The van der Waals surface area contributed by atoms with Crippen molar-refractivity contribution in [3.8, 4) is 22.3 Å². The van der Waals surface area contributed by atoms with Gasteiger partial charge in [0.1, 0.15) is 0 Å². The molecule has 9 aromatic rings. The van der Waals surface area contributed by atoms with Gasteiger partial charge in [0.25, 0.3) is 0 Å². The largest absolute Gasteiger partial charge is 0.0622 e. The van der Waals surface area contributed by atoms with Gasteiger partial charge >= 0.3 is 0 Å². The minimum atomic E-state index is 1.15. The van der Waals surface area contributed by atoms with Crippen molar-refractivity contribution < 1.29 is 0 Å². The second-order valence-corrected chi connectivity index (χ2v) is 15.3. The molecule has 0 bridgehead atoms. The molecule has 0 aliphatic carbocycles. The normalized spacial score (nSPS) is 11.9. The molecule has 0 amide bonds. The highest BCUT2D eigenvalue weighted by Gasteiger charge is 2.10. The maximum Gasteiger partial charge on any atom is -0.0105 e. The molecule has 9 rings (SSSR count). The highest BCUT2D eigenvalue weighted by atomic mass is 14.1. The molecule has 0 aromatic heterocycles. The van der Waals surface area contributed by atoms with E-state index in [9.17, 15) is 0 Å². The van der Waals surface area contributed by atoms with E-state index >= 15 is 0 Å². The van der Waals surface area contributed by atoms with Crippen molar-refractivity contribution in [3.63, 3.8) is 0 Å². The van der Waals surface area contributed by atoms with Crippen molar-refractivity contribution in [2.24, 2.45) is 0 Å². The Labute approximate surface area is 366 Å². The zero-order valence-electron chi connectivity index (χ0n) is 34.6. The van der Waals surface area contributed by atoms with E-state index in [4.69, 9.17) is 0 Å². The van der Waals surface area contributed by atoms with Gasteiger partial charge in [-0.1, -0.05) is 267 Å². The fourth-order valence-electron chi connectivity index (χ4n) is 7.84. The van der Waals surface area contributed by atoms with Gasteiger partial charge in [-0.05, 0) is 101 Å². The van der Waals surface area contributed by atoms with Gasteiger partial charge in [0.2, 0.25) is 0 Å². The van der Waals surface area contributed by atoms with Crippen molar-refractivity contribution in [1.29, 1.82) is 0 Å². The molecule has 0 heterocycles. The third kappa shape index (κ3) is 9.69. The summed E-state index contributed by atoms with van der Waals surface area (Å²) in [7, 11) is 0. The van der Waals surface area contributed by atoms with E-state index in [1.807, 2.05) is 0 Å². The number of hydrogen-bond acceptors (Lipinski definition) is 0. The molecule has 0 saturated carbocycles. The van der Waals surface area contributed by atoms with Crippen LogP contribution >= 0.6 is 0 Å². The molecular weight excluding hydrogens is 745 g/mol. The summed E-state index contributed by atoms with van der Waals surface area (Å²) in [4.78, 5) is 0. The van der Waals surface area contributed by atoms with Crippen molar-refractivity contribution in [3.05, 3.63) is 298 Å². The Kier molecular flexibility index (Phi) is 12.3. The molecule has 0 nitrogen and oxygen atoms in total. The van der Waals surface area contributed by atoms with Gasteiger partial charge in [0, 0.05) is 0 Å². The Hall–Kier alpha value is -8.06. The topological polar surface area (TPSA) is 0 Å². The monoisotopic (exact) mass is 790 g/mol. The lowest BCUT2D eigenvalue weighted by Gasteiger charge is -2.12. The number of benzene rings is 9. The summed E-state index contributed by atoms with van der Waals surface area (Å²) in [6.07, 6.45) is 13.5. The van der Waals surface area contributed by atoms with Gasteiger partial charge in [0.05, 0.1) is 0 Å². The molecule has 0 radical (unpaired) electrons. The first-order chi connectivity index (χ1) is 30.7. The molecule has 0 heteroatoms. The Balaban J connectivity index is 0.950. The Morgan fingerprint density at radius 1 is 0.210 bits per heavy atom. The van der Waals surface area contributed by atoms with Crippen LogP contribution in [0.5, 0.6) is 0 Å². The maximum atomic E-state index is 2.32. The molecule has 0 aliphatic heterocycles. The quantitative estimate of drug-likeness (QED) is 0.108. The average Bonchev–Trinajstić information content (AvgIpc) is 3.36. The predicted octanol–water partition coefficient (Wildman–Crippen LogP) is 16.5. The minimum Gasteiger partial charge on any atom is -0.0622 e. The van der Waals surface area contributed by atoms with Crippen LogP contribution in [0.4, 0.5) is 0 Å². The summed E-state index contributed by atoms with van der Waals surface area (Å²) in [6.45, 7) is 0. The summed E-state index contributed by atoms with van der Waals surface area (Å²) in [6, 6.07) is 86.2. The van der Waals surface area contributed by atoms with Gasteiger partial charge in [0.15, 0.2) is 0 Å². The lowest BCUT2D eigenvalue weighted by Crippen LogP contribution is -1.90. The van der Waals surface area contributed by atoms with Crippen LogP contribution in [0.2, 0.25) is 0 Å². The second-order valence-electron chi connectivity index (χ2n) is 15.3. The molecule has 0 fully saturated rings. The van der Waals surface area contributed by atoms with E-state index in [1.165, 1.54) is 66.8 Å². The Bertz CT molecular complexity index is 2760. The second kappa shape index (κ2) is 19.3. The Morgan fingerprint density at radius 2 is 0.484 bits per heavy atom. The fourth-order valence-corrected chi connectivity index (χ4v) is 7.84. The number of rotatable bonds is 12. The first-order valence-electron chi connectivity index (χ1n) is 21.2. The third-order valence-electron chi connectivity index (χ3n) is 11.2. The molecule has 0 unspecified atom stereocenters. The van der Waals surface area contributed by atoms with E-state index in [1.54, 1.807) is 0 Å². The van der Waals surface area contributed by atoms with Gasteiger partial charge in [-0.3, -0.25) is 0 Å².